The Morgan fingerprint density at radius 1 is 1.43 bits per heavy atom. The van der Waals surface area contributed by atoms with E-state index in [9.17, 15) is 9.59 Å². The van der Waals surface area contributed by atoms with Crippen LogP contribution in [0.15, 0.2) is 29.5 Å². The van der Waals surface area contributed by atoms with E-state index >= 15 is 0 Å². The van der Waals surface area contributed by atoms with Crippen LogP contribution in [0, 0.1) is 0 Å². The maximum absolute atomic E-state index is 12.3. The summed E-state index contributed by atoms with van der Waals surface area (Å²) in [5.74, 6) is -1.000. The average molecular weight is 287 g/mol. The highest BCUT2D eigenvalue weighted by Gasteiger charge is 2.27. The maximum atomic E-state index is 12.3. The molecule has 1 aliphatic rings. The van der Waals surface area contributed by atoms with E-state index in [1.54, 1.807) is 12.3 Å². The number of primary amides is 1. The van der Waals surface area contributed by atoms with E-state index in [1.165, 1.54) is 17.0 Å². The molecular formula is C13H13N5O3. The number of hydrogen-bond acceptors (Lipinski definition) is 6. The Kier molecular flexibility index (Phi) is 3.44. The van der Waals surface area contributed by atoms with Gasteiger partial charge in [-0.25, -0.2) is 15.0 Å². The van der Waals surface area contributed by atoms with E-state index in [1.807, 2.05) is 0 Å². The maximum Gasteiger partial charge on any atom is 0.254 e. The molecule has 1 atom stereocenters. The van der Waals surface area contributed by atoms with Crippen LogP contribution in [-0.4, -0.2) is 38.6 Å². The van der Waals surface area contributed by atoms with Gasteiger partial charge in [0, 0.05) is 12.3 Å². The first-order chi connectivity index (χ1) is 10.2. The number of rotatable bonds is 2. The summed E-state index contributed by atoms with van der Waals surface area (Å²) >= 11 is 0. The van der Waals surface area contributed by atoms with E-state index in [-0.39, 0.29) is 12.2 Å². The normalized spacial score (nSPS) is 17.8. The third kappa shape index (κ3) is 2.52. The summed E-state index contributed by atoms with van der Waals surface area (Å²) in [4.78, 5) is 36.1. The summed E-state index contributed by atoms with van der Waals surface area (Å²) in [5.41, 5.74) is 6.03. The minimum Gasteiger partial charge on any atom is -0.378 e. The molecule has 0 saturated carbocycles. The molecule has 0 aromatic carbocycles. The number of nitrogens with zero attached hydrogens (tertiary/aromatic N) is 4. The van der Waals surface area contributed by atoms with Gasteiger partial charge in [0.1, 0.15) is 18.1 Å². The molecule has 0 radical (unpaired) electrons. The van der Waals surface area contributed by atoms with Crippen molar-refractivity contribution in [2.45, 2.75) is 12.5 Å². The number of hydrogen-bond donors (Lipinski definition) is 1. The average Bonchev–Trinajstić information content (AvgIpc) is 2.71. The molecule has 0 fully saturated rings. The first kappa shape index (κ1) is 13.4. The van der Waals surface area contributed by atoms with Crippen molar-refractivity contribution < 1.29 is 9.53 Å². The summed E-state index contributed by atoms with van der Waals surface area (Å²) in [6, 6.07) is 3.03. The molecule has 0 bridgehead atoms. The lowest BCUT2D eigenvalue weighted by atomic mass is 10.1. The van der Waals surface area contributed by atoms with Crippen LogP contribution in [0.25, 0.3) is 11.4 Å². The smallest absolute Gasteiger partial charge is 0.254 e. The van der Waals surface area contributed by atoms with Crippen LogP contribution >= 0.6 is 0 Å². The number of carbonyl (C=O) groups excluding carboxylic acids is 1. The highest BCUT2D eigenvalue weighted by Crippen LogP contribution is 2.19. The zero-order valence-electron chi connectivity index (χ0n) is 11.1. The number of carbonyl (C=O) groups is 1. The van der Waals surface area contributed by atoms with E-state index in [2.05, 4.69) is 15.0 Å². The molecule has 108 valence electrons. The summed E-state index contributed by atoms with van der Waals surface area (Å²) in [6.07, 6.45) is 2.93. The first-order valence-electron chi connectivity index (χ1n) is 6.42. The molecule has 3 heterocycles. The summed E-state index contributed by atoms with van der Waals surface area (Å²) in [5, 5.41) is 0. The van der Waals surface area contributed by atoms with Crippen LogP contribution in [0.1, 0.15) is 11.7 Å². The standard InChI is InChI=1S/C13H13N5O3/c14-12(20)8-6-21-4-3-18-11(19)5-10(17-13(8)18)9-1-2-15-7-16-9/h1-2,5,7-8H,3-4,6H2,(H2,14,20). The lowest BCUT2D eigenvalue weighted by molar-refractivity contribution is -0.120. The Morgan fingerprint density at radius 3 is 3.00 bits per heavy atom. The van der Waals surface area contributed by atoms with Gasteiger partial charge in [-0.05, 0) is 6.07 Å². The SMILES string of the molecule is NC(=O)C1COCCn2c1nc(-c1ccncn1)cc2=O. The predicted molar refractivity (Wildman–Crippen MR) is 72.3 cm³/mol. The number of fused-ring (bicyclic) bond motifs is 1. The summed E-state index contributed by atoms with van der Waals surface area (Å²) in [7, 11) is 0. The Hall–Kier alpha value is -2.61. The molecule has 2 aromatic heterocycles. The largest absolute Gasteiger partial charge is 0.378 e. The summed E-state index contributed by atoms with van der Waals surface area (Å²) in [6.45, 7) is 0.801. The molecular weight excluding hydrogens is 274 g/mol. The van der Waals surface area contributed by atoms with E-state index < -0.39 is 11.8 Å². The number of amides is 1. The van der Waals surface area contributed by atoms with E-state index in [0.29, 0.717) is 30.4 Å². The van der Waals surface area contributed by atoms with Gasteiger partial charge in [0.05, 0.1) is 31.1 Å². The highest BCUT2D eigenvalue weighted by atomic mass is 16.5. The number of ether oxygens (including phenoxy) is 1. The molecule has 0 aliphatic carbocycles. The lowest BCUT2D eigenvalue weighted by Crippen LogP contribution is -2.32. The molecule has 1 unspecified atom stereocenters. The third-order valence-electron chi connectivity index (χ3n) is 3.28. The van der Waals surface area contributed by atoms with Gasteiger partial charge in [-0.1, -0.05) is 0 Å². The second kappa shape index (κ2) is 5.41. The van der Waals surface area contributed by atoms with Gasteiger partial charge in [0.15, 0.2) is 0 Å². The van der Waals surface area contributed by atoms with Crippen molar-refractivity contribution in [3.8, 4) is 11.4 Å². The van der Waals surface area contributed by atoms with E-state index in [4.69, 9.17) is 10.5 Å². The van der Waals surface area contributed by atoms with Gasteiger partial charge in [-0.2, -0.15) is 0 Å². The van der Waals surface area contributed by atoms with Crippen molar-refractivity contribution in [1.82, 2.24) is 19.5 Å². The molecule has 21 heavy (non-hydrogen) atoms. The first-order valence-corrected chi connectivity index (χ1v) is 6.42. The third-order valence-corrected chi connectivity index (χ3v) is 3.28. The lowest BCUT2D eigenvalue weighted by Gasteiger charge is -2.14. The number of nitrogens with two attached hydrogens (primary N) is 1. The fourth-order valence-corrected chi connectivity index (χ4v) is 2.23. The van der Waals surface area contributed by atoms with Crippen molar-refractivity contribution in [2.24, 2.45) is 5.73 Å². The fourth-order valence-electron chi connectivity index (χ4n) is 2.23. The van der Waals surface area contributed by atoms with Crippen molar-refractivity contribution >= 4 is 5.91 Å². The predicted octanol–water partition coefficient (Wildman–Crippen LogP) is -0.701. The van der Waals surface area contributed by atoms with Crippen molar-refractivity contribution in [2.75, 3.05) is 13.2 Å². The second-order valence-electron chi connectivity index (χ2n) is 4.61. The molecule has 2 N–H and O–H groups in total. The van der Waals surface area contributed by atoms with Gasteiger partial charge in [0.2, 0.25) is 5.91 Å². The minimum atomic E-state index is -0.748. The van der Waals surface area contributed by atoms with Crippen LogP contribution in [-0.2, 0) is 16.1 Å². The number of aromatic nitrogens is 4. The fraction of sp³-hybridized carbons (Fsp3) is 0.308. The molecule has 0 saturated heterocycles. The zero-order valence-corrected chi connectivity index (χ0v) is 11.1. The molecule has 3 rings (SSSR count). The quantitative estimate of drug-likeness (QED) is 0.781. The molecule has 8 heteroatoms. The Bertz CT molecular complexity index is 728. The molecule has 8 nitrogen and oxygen atoms in total. The van der Waals surface area contributed by atoms with Crippen LogP contribution in [0.4, 0.5) is 0 Å². The van der Waals surface area contributed by atoms with Crippen molar-refractivity contribution in [3.63, 3.8) is 0 Å². The van der Waals surface area contributed by atoms with Crippen LogP contribution in [0.5, 0.6) is 0 Å². The van der Waals surface area contributed by atoms with Crippen molar-refractivity contribution in [3.05, 3.63) is 40.8 Å². The van der Waals surface area contributed by atoms with Gasteiger partial charge in [0.25, 0.3) is 5.56 Å². The van der Waals surface area contributed by atoms with E-state index in [0.717, 1.165) is 0 Å². The second-order valence-corrected chi connectivity index (χ2v) is 4.61. The highest BCUT2D eigenvalue weighted by molar-refractivity contribution is 5.81. The van der Waals surface area contributed by atoms with Crippen LogP contribution in [0.2, 0.25) is 0 Å². The van der Waals surface area contributed by atoms with Gasteiger partial charge in [-0.15, -0.1) is 0 Å². The van der Waals surface area contributed by atoms with Crippen LogP contribution < -0.4 is 11.3 Å². The summed E-state index contributed by atoms with van der Waals surface area (Å²) < 4.78 is 6.75. The van der Waals surface area contributed by atoms with Gasteiger partial charge in [-0.3, -0.25) is 14.2 Å². The van der Waals surface area contributed by atoms with Crippen molar-refractivity contribution in [1.29, 1.82) is 0 Å². The molecule has 2 aromatic rings. The van der Waals surface area contributed by atoms with Crippen LogP contribution in [0.3, 0.4) is 0 Å². The Labute approximate surface area is 119 Å². The van der Waals surface area contributed by atoms with Gasteiger partial charge < -0.3 is 10.5 Å². The monoisotopic (exact) mass is 287 g/mol. The molecule has 1 amide bonds. The van der Waals surface area contributed by atoms with Gasteiger partial charge >= 0.3 is 0 Å². The Balaban J connectivity index is 2.18. The molecule has 1 aliphatic heterocycles. The minimum absolute atomic E-state index is 0.120. The molecule has 0 spiro atoms. The topological polar surface area (TPSA) is 113 Å². The Morgan fingerprint density at radius 2 is 2.29 bits per heavy atom. The zero-order chi connectivity index (χ0) is 14.8.